The number of carbonyl (C=O) groups excluding carboxylic acids is 1. The number of rotatable bonds is 5. The van der Waals surface area contributed by atoms with Crippen molar-refractivity contribution in [3.05, 3.63) is 53.6 Å². The normalized spacial score (nSPS) is 18.9. The highest BCUT2D eigenvalue weighted by Crippen LogP contribution is 2.34. The van der Waals surface area contributed by atoms with Gasteiger partial charge in [-0.25, -0.2) is 8.42 Å². The molecule has 0 saturated carbocycles. The molecule has 1 fully saturated rings. The number of carbonyl (C=O) groups is 1. The number of hydrogen-bond acceptors (Lipinski definition) is 5. The largest absolute Gasteiger partial charge is 0.496 e. The molecule has 154 valence electrons. The average molecular weight is 416 g/mol. The van der Waals surface area contributed by atoms with Crippen LogP contribution >= 0.6 is 0 Å². The van der Waals surface area contributed by atoms with Crippen LogP contribution in [0.5, 0.6) is 5.75 Å². The summed E-state index contributed by atoms with van der Waals surface area (Å²) in [5, 5.41) is 2.92. The van der Waals surface area contributed by atoms with Crippen molar-refractivity contribution in [2.24, 2.45) is 0 Å². The molecule has 0 bridgehead atoms. The second kappa shape index (κ2) is 8.04. The second-order valence-corrected chi connectivity index (χ2v) is 9.07. The maximum atomic E-state index is 13.3. The van der Waals surface area contributed by atoms with E-state index in [1.807, 2.05) is 18.2 Å². The Hall–Kier alpha value is -2.58. The topological polar surface area (TPSA) is 84.9 Å². The van der Waals surface area contributed by atoms with E-state index in [9.17, 15) is 13.2 Å². The van der Waals surface area contributed by atoms with E-state index in [-0.39, 0.29) is 22.4 Å². The fraction of sp³-hybridized carbons (Fsp3) is 0.381. The number of fused-ring (bicyclic) bond motifs is 1. The first kappa shape index (κ1) is 19.7. The van der Waals surface area contributed by atoms with E-state index in [1.165, 1.54) is 29.6 Å². The lowest BCUT2D eigenvalue weighted by molar-refractivity contribution is 0.0623. The first-order valence-electron chi connectivity index (χ1n) is 9.68. The number of amides is 1. The standard InChI is InChI=1S/C21H24N2O5S/c1-27-20-9-8-17(13-18(20)21(24)22-16-6-4-12-28-14-16)29(25,26)23-11-10-15-5-2-3-7-19(15)23/h2-3,5,7-9,13,16H,4,6,10-12,14H2,1H3,(H,22,24). The third-order valence-electron chi connectivity index (χ3n) is 5.34. The SMILES string of the molecule is COc1ccc(S(=O)(=O)N2CCc3ccccc32)cc1C(=O)NC1CCCOC1. The summed E-state index contributed by atoms with van der Waals surface area (Å²) >= 11 is 0. The zero-order valence-corrected chi connectivity index (χ0v) is 17.1. The summed E-state index contributed by atoms with van der Waals surface area (Å²) in [6.45, 7) is 1.53. The van der Waals surface area contributed by atoms with Gasteiger partial charge in [-0.15, -0.1) is 0 Å². The van der Waals surface area contributed by atoms with Crippen LogP contribution in [0.15, 0.2) is 47.4 Å². The molecule has 1 atom stereocenters. The van der Waals surface area contributed by atoms with Gasteiger partial charge in [0.2, 0.25) is 0 Å². The Balaban J connectivity index is 1.65. The van der Waals surface area contributed by atoms with Crippen LogP contribution in [0.1, 0.15) is 28.8 Å². The average Bonchev–Trinajstić information content (AvgIpc) is 3.19. The molecule has 2 aromatic carbocycles. The lowest BCUT2D eigenvalue weighted by atomic mass is 10.1. The first-order chi connectivity index (χ1) is 14.0. The van der Waals surface area contributed by atoms with Crippen LogP contribution in [-0.4, -0.2) is 47.2 Å². The molecule has 29 heavy (non-hydrogen) atoms. The van der Waals surface area contributed by atoms with Gasteiger partial charge in [0.25, 0.3) is 15.9 Å². The number of sulfonamides is 1. The number of nitrogens with zero attached hydrogens (tertiary/aromatic N) is 1. The predicted octanol–water partition coefficient (Wildman–Crippen LogP) is 2.36. The molecular weight excluding hydrogens is 392 g/mol. The highest BCUT2D eigenvalue weighted by atomic mass is 32.2. The van der Waals surface area contributed by atoms with E-state index < -0.39 is 10.0 Å². The van der Waals surface area contributed by atoms with Crippen molar-refractivity contribution in [2.45, 2.75) is 30.2 Å². The second-order valence-electron chi connectivity index (χ2n) is 7.21. The highest BCUT2D eigenvalue weighted by Gasteiger charge is 2.32. The molecule has 1 N–H and O–H groups in total. The summed E-state index contributed by atoms with van der Waals surface area (Å²) in [6, 6.07) is 11.8. The summed E-state index contributed by atoms with van der Waals surface area (Å²) in [7, 11) is -2.33. The summed E-state index contributed by atoms with van der Waals surface area (Å²) in [5.41, 5.74) is 1.89. The third-order valence-corrected chi connectivity index (χ3v) is 7.15. The fourth-order valence-corrected chi connectivity index (χ4v) is 5.36. The molecule has 2 aliphatic rings. The number of anilines is 1. The van der Waals surface area contributed by atoms with E-state index >= 15 is 0 Å². The van der Waals surface area contributed by atoms with Gasteiger partial charge >= 0.3 is 0 Å². The Morgan fingerprint density at radius 2 is 2.07 bits per heavy atom. The zero-order valence-electron chi connectivity index (χ0n) is 16.3. The Morgan fingerprint density at radius 3 is 2.83 bits per heavy atom. The molecule has 0 radical (unpaired) electrons. The lowest BCUT2D eigenvalue weighted by Crippen LogP contribution is -2.40. The molecule has 7 nitrogen and oxygen atoms in total. The minimum atomic E-state index is -3.79. The number of ether oxygens (including phenoxy) is 2. The quantitative estimate of drug-likeness (QED) is 0.809. The van der Waals surface area contributed by atoms with Crippen molar-refractivity contribution in [2.75, 3.05) is 31.2 Å². The number of hydrogen-bond donors (Lipinski definition) is 1. The van der Waals surface area contributed by atoms with E-state index in [4.69, 9.17) is 9.47 Å². The van der Waals surface area contributed by atoms with E-state index in [0.29, 0.717) is 37.6 Å². The molecule has 2 aliphatic heterocycles. The van der Waals surface area contributed by atoms with E-state index in [0.717, 1.165) is 18.4 Å². The molecule has 8 heteroatoms. The molecule has 0 aromatic heterocycles. The molecular formula is C21H24N2O5S. The van der Waals surface area contributed by atoms with Gasteiger partial charge in [0.1, 0.15) is 5.75 Å². The number of methoxy groups -OCH3 is 1. The first-order valence-corrected chi connectivity index (χ1v) is 11.1. The van der Waals surface area contributed by atoms with E-state index in [1.54, 1.807) is 6.07 Å². The molecule has 1 saturated heterocycles. The van der Waals surface area contributed by atoms with Gasteiger partial charge in [-0.1, -0.05) is 18.2 Å². The third kappa shape index (κ3) is 3.82. The smallest absolute Gasteiger partial charge is 0.264 e. The fourth-order valence-electron chi connectivity index (χ4n) is 3.83. The van der Waals surface area contributed by atoms with Crippen LogP contribution in [-0.2, 0) is 21.2 Å². The van der Waals surface area contributed by atoms with Gasteiger partial charge in [-0.05, 0) is 49.1 Å². The Morgan fingerprint density at radius 1 is 1.24 bits per heavy atom. The van der Waals surface area contributed by atoms with Gasteiger partial charge in [0.05, 0.1) is 35.9 Å². The van der Waals surface area contributed by atoms with Crippen molar-refractivity contribution >= 4 is 21.6 Å². The van der Waals surface area contributed by atoms with Crippen LogP contribution in [0.25, 0.3) is 0 Å². The molecule has 2 aromatic rings. The maximum Gasteiger partial charge on any atom is 0.264 e. The van der Waals surface area contributed by atoms with Gasteiger partial charge in [-0.2, -0.15) is 0 Å². The molecule has 2 heterocycles. The van der Waals surface area contributed by atoms with Gasteiger partial charge in [0.15, 0.2) is 0 Å². The zero-order chi connectivity index (χ0) is 20.4. The Bertz CT molecular complexity index is 1020. The lowest BCUT2D eigenvalue weighted by Gasteiger charge is -2.24. The van der Waals surface area contributed by atoms with Crippen molar-refractivity contribution in [3.63, 3.8) is 0 Å². The van der Waals surface area contributed by atoms with Crippen LogP contribution in [0, 0.1) is 0 Å². The molecule has 0 spiro atoms. The molecule has 0 aliphatic carbocycles. The minimum Gasteiger partial charge on any atom is -0.496 e. The Kier molecular flexibility index (Phi) is 5.47. The van der Waals surface area contributed by atoms with Crippen LogP contribution in [0.2, 0.25) is 0 Å². The monoisotopic (exact) mass is 416 g/mol. The Labute approximate surface area is 170 Å². The highest BCUT2D eigenvalue weighted by molar-refractivity contribution is 7.92. The van der Waals surface area contributed by atoms with Gasteiger partial charge in [0, 0.05) is 13.2 Å². The van der Waals surface area contributed by atoms with Crippen LogP contribution < -0.4 is 14.4 Å². The summed E-state index contributed by atoms with van der Waals surface area (Å²) in [4.78, 5) is 12.9. The van der Waals surface area contributed by atoms with Crippen LogP contribution in [0.3, 0.4) is 0 Å². The number of nitrogens with one attached hydrogen (secondary N) is 1. The molecule has 4 rings (SSSR count). The van der Waals surface area contributed by atoms with E-state index in [2.05, 4.69) is 5.32 Å². The van der Waals surface area contributed by atoms with Crippen molar-refractivity contribution in [3.8, 4) is 5.75 Å². The molecule has 1 unspecified atom stereocenters. The summed E-state index contributed by atoms with van der Waals surface area (Å²) in [5.74, 6) is -0.0313. The predicted molar refractivity (Wildman–Crippen MR) is 109 cm³/mol. The van der Waals surface area contributed by atoms with Crippen molar-refractivity contribution in [1.82, 2.24) is 5.32 Å². The van der Waals surface area contributed by atoms with Crippen LogP contribution in [0.4, 0.5) is 5.69 Å². The van der Waals surface area contributed by atoms with Crippen molar-refractivity contribution in [1.29, 1.82) is 0 Å². The van der Waals surface area contributed by atoms with Crippen molar-refractivity contribution < 1.29 is 22.7 Å². The molecule has 1 amide bonds. The minimum absolute atomic E-state index is 0.0695. The number of benzene rings is 2. The summed E-state index contributed by atoms with van der Waals surface area (Å²) < 4.78 is 38.7. The maximum absolute atomic E-state index is 13.3. The van der Waals surface area contributed by atoms with Gasteiger partial charge in [-0.3, -0.25) is 9.10 Å². The summed E-state index contributed by atoms with van der Waals surface area (Å²) in [6.07, 6.45) is 2.38. The number of para-hydroxylation sites is 1. The van der Waals surface area contributed by atoms with Gasteiger partial charge < -0.3 is 14.8 Å².